The van der Waals surface area contributed by atoms with Gasteiger partial charge < -0.3 is 10.2 Å². The van der Waals surface area contributed by atoms with Gasteiger partial charge in [0.05, 0.1) is 6.10 Å². The predicted molar refractivity (Wildman–Crippen MR) is 99.5 cm³/mol. The van der Waals surface area contributed by atoms with E-state index < -0.39 is 0 Å². The van der Waals surface area contributed by atoms with Crippen LogP contribution in [0.2, 0.25) is 0 Å². The third-order valence-electron chi connectivity index (χ3n) is 9.22. The van der Waals surface area contributed by atoms with Gasteiger partial charge in [0.1, 0.15) is 0 Å². The Bertz CT molecular complexity index is 413. The molecule has 0 heterocycles. The number of aliphatic hydroxyl groups is 2. The standard InChI is InChI=1S/2C11H20O/c1-7-4-8-5-10(9(7)6-12)11(8,2)3;1-4-8-9-5-7(6-10(8)12)11(9,2)3/h2*7-10,12H,4-6H2,1-3H3/t7-,8-,9-,10-;7-,8-,9+,10+/m10/s1. The minimum Gasteiger partial charge on any atom is -0.396 e. The van der Waals surface area contributed by atoms with Crippen LogP contribution in [0.25, 0.3) is 0 Å². The topological polar surface area (TPSA) is 40.5 Å². The second-order valence-electron chi connectivity index (χ2n) is 10.7. The third kappa shape index (κ3) is 2.67. The molecule has 6 saturated carbocycles. The van der Waals surface area contributed by atoms with Crippen molar-refractivity contribution in [2.24, 2.45) is 52.3 Å². The molecular weight excluding hydrogens is 296 g/mol. The Morgan fingerprint density at radius 3 is 1.71 bits per heavy atom. The third-order valence-corrected chi connectivity index (χ3v) is 9.22. The van der Waals surface area contributed by atoms with Gasteiger partial charge in [-0.25, -0.2) is 0 Å². The van der Waals surface area contributed by atoms with Crippen molar-refractivity contribution in [3.63, 3.8) is 0 Å². The molecule has 0 aromatic heterocycles. The van der Waals surface area contributed by atoms with Gasteiger partial charge in [-0.05, 0) is 77.9 Å². The Morgan fingerprint density at radius 1 is 0.833 bits per heavy atom. The average molecular weight is 337 g/mol. The average Bonchev–Trinajstić information content (AvgIpc) is 2.54. The lowest BCUT2D eigenvalue weighted by molar-refractivity contribution is -0.161. The molecule has 0 radical (unpaired) electrons. The SMILES string of the molecule is CC[C@@H]1[C@H](O)C[C@@H]2C[C@H]1C2(C)C.C[C@@H]1C[C@@H]2C[C@H]([C@@H]1CO)C2(C)C. The molecule has 6 rings (SSSR count). The summed E-state index contributed by atoms with van der Waals surface area (Å²) in [5, 5.41) is 19.1. The Hall–Kier alpha value is -0.0800. The summed E-state index contributed by atoms with van der Waals surface area (Å²) in [6, 6.07) is 0. The quantitative estimate of drug-likeness (QED) is 0.765. The summed E-state index contributed by atoms with van der Waals surface area (Å²) in [6.07, 6.45) is 6.32. The highest BCUT2D eigenvalue weighted by atomic mass is 16.3. The maximum absolute atomic E-state index is 9.80. The predicted octanol–water partition coefficient (Wildman–Crippen LogP) is 4.74. The van der Waals surface area contributed by atoms with E-state index in [-0.39, 0.29) is 6.10 Å². The fraction of sp³-hybridized carbons (Fsp3) is 1.00. The van der Waals surface area contributed by atoms with Gasteiger partial charge in [-0.2, -0.15) is 0 Å². The van der Waals surface area contributed by atoms with Gasteiger partial charge >= 0.3 is 0 Å². The van der Waals surface area contributed by atoms with Crippen LogP contribution in [-0.2, 0) is 0 Å². The molecule has 6 aliphatic carbocycles. The van der Waals surface area contributed by atoms with Gasteiger partial charge in [-0.1, -0.05) is 48.0 Å². The second-order valence-corrected chi connectivity index (χ2v) is 10.7. The number of rotatable bonds is 2. The van der Waals surface area contributed by atoms with Gasteiger partial charge in [0.2, 0.25) is 0 Å². The fourth-order valence-electron chi connectivity index (χ4n) is 6.98. The molecule has 0 amide bonds. The fourth-order valence-corrected chi connectivity index (χ4v) is 6.98. The lowest BCUT2D eigenvalue weighted by Gasteiger charge is -2.62. The highest BCUT2D eigenvalue weighted by molar-refractivity contribution is 5.06. The molecule has 0 aliphatic heterocycles. The van der Waals surface area contributed by atoms with E-state index in [1.54, 1.807) is 0 Å². The first-order valence-electron chi connectivity index (χ1n) is 10.4. The first kappa shape index (κ1) is 18.7. The monoisotopic (exact) mass is 336 g/mol. The van der Waals surface area contributed by atoms with Crippen LogP contribution >= 0.6 is 0 Å². The van der Waals surface area contributed by atoms with Crippen molar-refractivity contribution in [3.8, 4) is 0 Å². The molecule has 2 heteroatoms. The Kier molecular flexibility index (Phi) is 4.88. The normalized spacial score (nSPS) is 50.0. The Morgan fingerprint density at radius 2 is 1.33 bits per heavy atom. The molecule has 4 bridgehead atoms. The highest BCUT2D eigenvalue weighted by Crippen LogP contribution is 2.63. The van der Waals surface area contributed by atoms with E-state index in [0.29, 0.717) is 29.3 Å². The number of fused-ring (bicyclic) bond motifs is 4. The van der Waals surface area contributed by atoms with Crippen molar-refractivity contribution in [1.29, 1.82) is 0 Å². The number of aliphatic hydroxyl groups excluding tert-OH is 2. The zero-order valence-corrected chi connectivity index (χ0v) is 16.8. The molecule has 2 nitrogen and oxygen atoms in total. The molecule has 0 unspecified atom stereocenters. The number of hydrogen-bond acceptors (Lipinski definition) is 2. The molecule has 0 spiro atoms. The van der Waals surface area contributed by atoms with Crippen molar-refractivity contribution >= 4 is 0 Å². The van der Waals surface area contributed by atoms with Crippen LogP contribution in [0.1, 0.15) is 73.6 Å². The minimum absolute atomic E-state index is 0.00627. The lowest BCUT2D eigenvalue weighted by atomic mass is 9.43. The van der Waals surface area contributed by atoms with Crippen LogP contribution in [0, 0.1) is 52.3 Å². The zero-order chi connectivity index (χ0) is 17.9. The summed E-state index contributed by atoms with van der Waals surface area (Å²) >= 11 is 0. The van der Waals surface area contributed by atoms with Crippen molar-refractivity contribution < 1.29 is 10.2 Å². The van der Waals surface area contributed by atoms with Crippen LogP contribution in [-0.4, -0.2) is 22.9 Å². The van der Waals surface area contributed by atoms with Gasteiger partial charge in [0.15, 0.2) is 0 Å². The molecule has 0 saturated heterocycles. The molecular formula is C22H40O2. The van der Waals surface area contributed by atoms with Gasteiger partial charge in [0, 0.05) is 6.61 Å². The smallest absolute Gasteiger partial charge is 0.0574 e. The lowest BCUT2D eigenvalue weighted by Crippen LogP contribution is -2.57. The summed E-state index contributed by atoms with van der Waals surface area (Å²) in [6.45, 7) is 14.4. The summed E-state index contributed by atoms with van der Waals surface area (Å²) < 4.78 is 0. The molecule has 140 valence electrons. The van der Waals surface area contributed by atoms with Gasteiger partial charge in [-0.15, -0.1) is 0 Å². The van der Waals surface area contributed by atoms with E-state index in [2.05, 4.69) is 41.5 Å². The summed E-state index contributed by atoms with van der Waals surface area (Å²) in [7, 11) is 0. The van der Waals surface area contributed by atoms with E-state index in [0.717, 1.165) is 42.4 Å². The Balaban J connectivity index is 0.000000141. The van der Waals surface area contributed by atoms with Crippen molar-refractivity contribution in [3.05, 3.63) is 0 Å². The van der Waals surface area contributed by atoms with E-state index >= 15 is 0 Å². The van der Waals surface area contributed by atoms with E-state index in [1.165, 1.54) is 19.3 Å². The first-order valence-corrected chi connectivity index (χ1v) is 10.4. The molecule has 6 aliphatic rings. The van der Waals surface area contributed by atoms with Gasteiger partial charge in [-0.3, -0.25) is 0 Å². The summed E-state index contributed by atoms with van der Waals surface area (Å²) in [5.74, 6) is 5.29. The van der Waals surface area contributed by atoms with E-state index in [4.69, 9.17) is 0 Å². The van der Waals surface area contributed by atoms with E-state index in [1.807, 2.05) is 0 Å². The highest BCUT2D eigenvalue weighted by Gasteiger charge is 2.57. The van der Waals surface area contributed by atoms with Crippen LogP contribution in [0.3, 0.4) is 0 Å². The Labute approximate surface area is 149 Å². The van der Waals surface area contributed by atoms with Crippen LogP contribution in [0.4, 0.5) is 0 Å². The van der Waals surface area contributed by atoms with Crippen LogP contribution in [0.15, 0.2) is 0 Å². The van der Waals surface area contributed by atoms with Crippen molar-refractivity contribution in [1.82, 2.24) is 0 Å². The maximum Gasteiger partial charge on any atom is 0.0574 e. The van der Waals surface area contributed by atoms with Crippen LogP contribution in [0.5, 0.6) is 0 Å². The molecule has 6 fully saturated rings. The molecule has 8 atom stereocenters. The molecule has 0 aromatic rings. The molecule has 0 aromatic carbocycles. The van der Waals surface area contributed by atoms with Crippen molar-refractivity contribution in [2.75, 3.05) is 6.61 Å². The number of hydrogen-bond donors (Lipinski definition) is 2. The first-order chi connectivity index (χ1) is 11.1. The second kappa shape index (κ2) is 6.27. The largest absolute Gasteiger partial charge is 0.396 e. The molecule has 24 heavy (non-hydrogen) atoms. The van der Waals surface area contributed by atoms with Gasteiger partial charge in [0.25, 0.3) is 0 Å². The minimum atomic E-state index is 0.00627. The summed E-state index contributed by atoms with van der Waals surface area (Å²) in [5.41, 5.74) is 1.06. The zero-order valence-electron chi connectivity index (χ0n) is 16.8. The maximum atomic E-state index is 9.80. The van der Waals surface area contributed by atoms with Crippen molar-refractivity contribution in [2.45, 2.75) is 79.8 Å². The van der Waals surface area contributed by atoms with Crippen LogP contribution < -0.4 is 0 Å². The van der Waals surface area contributed by atoms with E-state index in [9.17, 15) is 10.2 Å². The summed E-state index contributed by atoms with van der Waals surface area (Å²) in [4.78, 5) is 0. The molecule has 2 N–H and O–H groups in total.